The molecule has 0 spiro atoms. The Labute approximate surface area is 126 Å². The lowest BCUT2D eigenvalue weighted by atomic mass is 9.84. The van der Waals surface area contributed by atoms with Crippen molar-refractivity contribution in [1.82, 2.24) is 5.32 Å². The maximum Gasteiger partial charge on any atom is 0.224 e. The van der Waals surface area contributed by atoms with E-state index in [9.17, 15) is 9.90 Å². The lowest BCUT2D eigenvalue weighted by molar-refractivity contribution is -0.117. The second-order valence-electron chi connectivity index (χ2n) is 5.36. The first-order valence-corrected chi connectivity index (χ1v) is 6.95. The summed E-state index contributed by atoms with van der Waals surface area (Å²) in [6, 6.07) is 6.57. The number of aromatic hydroxyl groups is 1. The highest BCUT2D eigenvalue weighted by molar-refractivity contribution is 5.90. The van der Waals surface area contributed by atoms with Gasteiger partial charge in [-0.15, -0.1) is 12.4 Å². The Hall–Kier alpha value is -1.26. The van der Waals surface area contributed by atoms with E-state index in [0.29, 0.717) is 18.3 Å². The normalized spacial score (nSPS) is 17.1. The number of phenols is 1. The minimum absolute atomic E-state index is 0. The standard InChI is InChI=1S/C15H22N2O2.ClH/c1-11(12-6-8-16-9-7-12)10-15(19)17-13-2-4-14(18)5-3-13;/h2-5,11-12,16,18H,6-10H2,1H3,(H,17,19);1H. The van der Waals surface area contributed by atoms with E-state index in [1.165, 1.54) is 0 Å². The van der Waals surface area contributed by atoms with Gasteiger partial charge in [0, 0.05) is 12.1 Å². The van der Waals surface area contributed by atoms with Crippen LogP contribution in [0.3, 0.4) is 0 Å². The molecule has 1 heterocycles. The number of phenolic OH excluding ortho intramolecular Hbond substituents is 1. The molecular weight excluding hydrogens is 276 g/mol. The Morgan fingerprint density at radius 1 is 1.35 bits per heavy atom. The first-order chi connectivity index (χ1) is 9.15. The zero-order valence-electron chi connectivity index (χ0n) is 11.8. The van der Waals surface area contributed by atoms with E-state index in [4.69, 9.17) is 0 Å². The van der Waals surface area contributed by atoms with Crippen LogP contribution >= 0.6 is 12.4 Å². The van der Waals surface area contributed by atoms with Gasteiger partial charge in [-0.05, 0) is 62.0 Å². The predicted molar refractivity (Wildman–Crippen MR) is 83.4 cm³/mol. The lowest BCUT2D eigenvalue weighted by Gasteiger charge is -2.27. The maximum absolute atomic E-state index is 12.0. The molecule has 1 aromatic carbocycles. The number of amides is 1. The molecule has 3 N–H and O–H groups in total. The van der Waals surface area contributed by atoms with Crippen molar-refractivity contribution in [3.8, 4) is 5.75 Å². The Balaban J connectivity index is 0.00000200. The van der Waals surface area contributed by atoms with Crippen molar-refractivity contribution in [1.29, 1.82) is 0 Å². The van der Waals surface area contributed by atoms with Crippen molar-refractivity contribution in [2.45, 2.75) is 26.2 Å². The van der Waals surface area contributed by atoms with E-state index in [1.807, 2.05) is 0 Å². The van der Waals surface area contributed by atoms with Crippen LogP contribution in [-0.2, 0) is 4.79 Å². The smallest absolute Gasteiger partial charge is 0.224 e. The fraction of sp³-hybridized carbons (Fsp3) is 0.533. The van der Waals surface area contributed by atoms with E-state index in [-0.39, 0.29) is 24.1 Å². The molecule has 0 saturated carbocycles. The highest BCUT2D eigenvalue weighted by Gasteiger charge is 2.21. The van der Waals surface area contributed by atoms with Gasteiger partial charge >= 0.3 is 0 Å². The van der Waals surface area contributed by atoms with Crippen molar-refractivity contribution in [3.63, 3.8) is 0 Å². The average Bonchev–Trinajstić information content (AvgIpc) is 2.42. The minimum Gasteiger partial charge on any atom is -0.508 e. The molecule has 1 amide bonds. The molecule has 112 valence electrons. The Morgan fingerprint density at radius 3 is 2.55 bits per heavy atom. The lowest BCUT2D eigenvalue weighted by Crippen LogP contribution is -2.32. The van der Waals surface area contributed by atoms with Crippen LogP contribution in [0.5, 0.6) is 5.75 Å². The molecule has 1 atom stereocenters. The fourth-order valence-electron chi connectivity index (χ4n) is 2.63. The summed E-state index contributed by atoms with van der Waals surface area (Å²) in [4.78, 5) is 12.0. The van der Waals surface area contributed by atoms with Crippen LogP contribution in [0, 0.1) is 11.8 Å². The van der Waals surface area contributed by atoms with Crippen molar-refractivity contribution in [2.24, 2.45) is 11.8 Å². The number of nitrogens with one attached hydrogen (secondary N) is 2. The molecule has 5 heteroatoms. The Morgan fingerprint density at radius 2 is 1.95 bits per heavy atom. The van der Waals surface area contributed by atoms with Gasteiger partial charge in [-0.25, -0.2) is 0 Å². The monoisotopic (exact) mass is 298 g/mol. The molecule has 0 bridgehead atoms. The molecular formula is C15H23ClN2O2. The van der Waals surface area contributed by atoms with Crippen LogP contribution in [0.15, 0.2) is 24.3 Å². The van der Waals surface area contributed by atoms with Crippen molar-refractivity contribution >= 4 is 24.0 Å². The summed E-state index contributed by atoms with van der Waals surface area (Å²) in [5.74, 6) is 1.32. The highest BCUT2D eigenvalue weighted by Crippen LogP contribution is 2.24. The molecule has 4 nitrogen and oxygen atoms in total. The van der Waals surface area contributed by atoms with E-state index >= 15 is 0 Å². The summed E-state index contributed by atoms with van der Waals surface area (Å²) in [6.45, 7) is 4.29. The number of carbonyl (C=O) groups excluding carboxylic acids is 1. The third kappa shape index (κ3) is 5.02. The topological polar surface area (TPSA) is 61.4 Å². The molecule has 1 aliphatic heterocycles. The van der Waals surface area contributed by atoms with Crippen molar-refractivity contribution in [3.05, 3.63) is 24.3 Å². The Kier molecular flexibility index (Phi) is 6.82. The van der Waals surface area contributed by atoms with E-state index in [1.54, 1.807) is 24.3 Å². The van der Waals surface area contributed by atoms with E-state index in [2.05, 4.69) is 17.6 Å². The van der Waals surface area contributed by atoms with Crippen LogP contribution in [-0.4, -0.2) is 24.1 Å². The SMILES string of the molecule is CC(CC(=O)Nc1ccc(O)cc1)C1CCNCC1.Cl. The van der Waals surface area contributed by atoms with Gasteiger partial charge in [-0.1, -0.05) is 6.92 Å². The fourth-order valence-corrected chi connectivity index (χ4v) is 2.63. The van der Waals surface area contributed by atoms with Gasteiger partial charge in [-0.2, -0.15) is 0 Å². The molecule has 0 aliphatic carbocycles. The highest BCUT2D eigenvalue weighted by atomic mass is 35.5. The minimum atomic E-state index is 0. The summed E-state index contributed by atoms with van der Waals surface area (Å²) in [5, 5.41) is 15.4. The second-order valence-corrected chi connectivity index (χ2v) is 5.36. The maximum atomic E-state index is 12.0. The zero-order valence-corrected chi connectivity index (χ0v) is 12.6. The molecule has 0 radical (unpaired) electrons. The number of hydrogen-bond acceptors (Lipinski definition) is 3. The summed E-state index contributed by atoms with van der Waals surface area (Å²) >= 11 is 0. The van der Waals surface area contributed by atoms with E-state index < -0.39 is 0 Å². The Bertz CT molecular complexity index is 416. The molecule has 1 aliphatic rings. The summed E-state index contributed by atoms with van der Waals surface area (Å²) in [5.41, 5.74) is 0.736. The predicted octanol–water partition coefficient (Wildman–Crippen LogP) is 2.78. The van der Waals surface area contributed by atoms with Crippen LogP contribution in [0.1, 0.15) is 26.2 Å². The van der Waals surface area contributed by atoms with Gasteiger partial charge in [-0.3, -0.25) is 4.79 Å². The zero-order chi connectivity index (χ0) is 13.7. The van der Waals surface area contributed by atoms with Gasteiger partial charge in [0.2, 0.25) is 5.91 Å². The number of anilines is 1. The molecule has 1 fully saturated rings. The summed E-state index contributed by atoms with van der Waals surface area (Å²) < 4.78 is 0. The van der Waals surface area contributed by atoms with Crippen LogP contribution < -0.4 is 10.6 Å². The molecule has 2 rings (SSSR count). The molecule has 1 unspecified atom stereocenters. The molecule has 1 aromatic rings. The van der Waals surface area contributed by atoms with Crippen LogP contribution in [0.25, 0.3) is 0 Å². The van der Waals surface area contributed by atoms with Gasteiger partial charge in [0.25, 0.3) is 0 Å². The van der Waals surface area contributed by atoms with Gasteiger partial charge < -0.3 is 15.7 Å². The molecule has 20 heavy (non-hydrogen) atoms. The van der Waals surface area contributed by atoms with Crippen molar-refractivity contribution in [2.75, 3.05) is 18.4 Å². The van der Waals surface area contributed by atoms with Crippen LogP contribution in [0.2, 0.25) is 0 Å². The number of benzene rings is 1. The third-order valence-corrected chi connectivity index (χ3v) is 3.85. The number of piperidine rings is 1. The van der Waals surface area contributed by atoms with Gasteiger partial charge in [0.15, 0.2) is 0 Å². The number of hydrogen-bond donors (Lipinski definition) is 3. The molecule has 1 saturated heterocycles. The first kappa shape index (κ1) is 16.8. The number of carbonyl (C=O) groups is 1. The number of halogens is 1. The number of rotatable bonds is 4. The first-order valence-electron chi connectivity index (χ1n) is 6.95. The second kappa shape index (κ2) is 8.12. The molecule has 0 aromatic heterocycles. The van der Waals surface area contributed by atoms with Gasteiger partial charge in [0.05, 0.1) is 0 Å². The largest absolute Gasteiger partial charge is 0.508 e. The third-order valence-electron chi connectivity index (χ3n) is 3.85. The summed E-state index contributed by atoms with van der Waals surface area (Å²) in [7, 11) is 0. The van der Waals surface area contributed by atoms with Crippen molar-refractivity contribution < 1.29 is 9.90 Å². The average molecular weight is 299 g/mol. The summed E-state index contributed by atoms with van der Waals surface area (Å²) in [6.07, 6.45) is 2.88. The quantitative estimate of drug-likeness (QED) is 0.749. The van der Waals surface area contributed by atoms with Crippen LogP contribution in [0.4, 0.5) is 5.69 Å². The van der Waals surface area contributed by atoms with E-state index in [0.717, 1.165) is 31.6 Å². The van der Waals surface area contributed by atoms with Gasteiger partial charge in [0.1, 0.15) is 5.75 Å².